The minimum Gasteiger partial charge on any atom is -0.494 e. The second-order valence-corrected chi connectivity index (χ2v) is 9.43. The fourth-order valence-corrected chi connectivity index (χ4v) is 5.15. The third-order valence-corrected chi connectivity index (χ3v) is 6.89. The number of carbonyl (C=O) groups excluding carboxylic acids is 1. The molecule has 0 aromatic heterocycles. The lowest BCUT2D eigenvalue weighted by atomic mass is 10.0. The summed E-state index contributed by atoms with van der Waals surface area (Å²) in [6.45, 7) is 4.89. The fraction of sp³-hybridized carbons (Fsp3) is 0.345. The smallest absolute Gasteiger partial charge is 0.253 e. The van der Waals surface area contributed by atoms with Crippen LogP contribution in [0.4, 0.5) is 0 Å². The summed E-state index contributed by atoms with van der Waals surface area (Å²) < 4.78 is 5.81. The van der Waals surface area contributed by atoms with Crippen LogP contribution in [0.25, 0.3) is 11.1 Å². The van der Waals surface area contributed by atoms with E-state index in [1.807, 2.05) is 29.2 Å². The van der Waals surface area contributed by atoms with Crippen LogP contribution in [0.1, 0.15) is 33.9 Å². The normalized spacial score (nSPS) is 15.9. The van der Waals surface area contributed by atoms with E-state index in [0.29, 0.717) is 6.61 Å². The summed E-state index contributed by atoms with van der Waals surface area (Å²) in [5, 5.41) is 0. The molecule has 0 atom stereocenters. The molecule has 0 N–H and O–H groups in total. The molecule has 1 aliphatic heterocycles. The average molecular weight is 456 g/mol. The van der Waals surface area contributed by atoms with Crippen LogP contribution in [-0.4, -0.2) is 74.0 Å². The van der Waals surface area contributed by atoms with E-state index in [2.05, 4.69) is 72.4 Å². The predicted molar refractivity (Wildman–Crippen MR) is 136 cm³/mol. The summed E-state index contributed by atoms with van der Waals surface area (Å²) in [6, 6.07) is 25.3. The van der Waals surface area contributed by atoms with Crippen molar-refractivity contribution in [2.75, 3.05) is 53.4 Å². The van der Waals surface area contributed by atoms with Gasteiger partial charge in [0, 0.05) is 38.3 Å². The molecule has 1 heterocycles. The molecule has 1 aliphatic carbocycles. The Morgan fingerprint density at radius 2 is 1.44 bits per heavy atom. The molecule has 1 amide bonds. The number of carbonyl (C=O) groups is 1. The lowest BCUT2D eigenvalue weighted by Gasteiger charge is -2.38. The molecule has 0 bridgehead atoms. The van der Waals surface area contributed by atoms with Gasteiger partial charge in [-0.25, -0.2) is 0 Å². The highest BCUT2D eigenvalue weighted by Gasteiger charge is 2.34. The molecule has 0 spiro atoms. The highest BCUT2D eigenvalue weighted by atomic mass is 16.5. The number of amides is 1. The molecule has 3 aromatic rings. The lowest BCUT2D eigenvalue weighted by Crippen LogP contribution is -2.49. The molecule has 176 valence electrons. The first-order valence-corrected chi connectivity index (χ1v) is 12.2. The Balaban J connectivity index is 1.20. The van der Waals surface area contributed by atoms with Crippen molar-refractivity contribution < 1.29 is 9.53 Å². The molecule has 1 saturated heterocycles. The SMILES string of the molecule is CN(C)CCCOc1ccc(C(=O)N2CCN(C3c4ccccc4-c4ccccc43)CC2)cc1. The molecular weight excluding hydrogens is 422 g/mol. The number of piperazine rings is 1. The van der Waals surface area contributed by atoms with E-state index in [-0.39, 0.29) is 11.9 Å². The van der Waals surface area contributed by atoms with Crippen molar-refractivity contribution in [2.24, 2.45) is 0 Å². The van der Waals surface area contributed by atoms with E-state index in [0.717, 1.165) is 50.5 Å². The van der Waals surface area contributed by atoms with E-state index >= 15 is 0 Å². The van der Waals surface area contributed by atoms with Crippen molar-refractivity contribution in [1.29, 1.82) is 0 Å². The zero-order valence-corrected chi connectivity index (χ0v) is 20.1. The molecule has 34 heavy (non-hydrogen) atoms. The summed E-state index contributed by atoms with van der Waals surface area (Å²) in [6.07, 6.45) is 0.980. The van der Waals surface area contributed by atoms with Gasteiger partial charge in [-0.15, -0.1) is 0 Å². The quantitative estimate of drug-likeness (QED) is 0.490. The van der Waals surface area contributed by atoms with Crippen LogP contribution in [0.15, 0.2) is 72.8 Å². The zero-order chi connectivity index (χ0) is 23.5. The van der Waals surface area contributed by atoms with Crippen LogP contribution in [0, 0.1) is 0 Å². The van der Waals surface area contributed by atoms with Crippen molar-refractivity contribution in [1.82, 2.24) is 14.7 Å². The first-order chi connectivity index (χ1) is 16.6. The Morgan fingerprint density at radius 1 is 0.853 bits per heavy atom. The van der Waals surface area contributed by atoms with Gasteiger partial charge in [0.25, 0.3) is 5.91 Å². The lowest BCUT2D eigenvalue weighted by molar-refractivity contribution is 0.0600. The number of benzene rings is 3. The highest BCUT2D eigenvalue weighted by molar-refractivity contribution is 5.94. The number of fused-ring (bicyclic) bond motifs is 3. The van der Waals surface area contributed by atoms with Gasteiger partial charge in [0.15, 0.2) is 0 Å². The second kappa shape index (κ2) is 10.00. The van der Waals surface area contributed by atoms with Crippen molar-refractivity contribution in [3.8, 4) is 16.9 Å². The van der Waals surface area contributed by atoms with Crippen LogP contribution in [0.2, 0.25) is 0 Å². The molecule has 5 nitrogen and oxygen atoms in total. The van der Waals surface area contributed by atoms with E-state index < -0.39 is 0 Å². The van der Waals surface area contributed by atoms with Crippen LogP contribution < -0.4 is 4.74 Å². The maximum Gasteiger partial charge on any atom is 0.253 e. The summed E-state index contributed by atoms with van der Waals surface area (Å²) in [7, 11) is 4.12. The summed E-state index contributed by atoms with van der Waals surface area (Å²) >= 11 is 0. The number of nitrogens with zero attached hydrogens (tertiary/aromatic N) is 3. The minimum atomic E-state index is 0.103. The standard InChI is InChI=1S/C29H33N3O2/c1-30(2)16-7-21-34-23-14-12-22(13-15-23)29(33)32-19-17-31(18-20-32)28-26-10-5-3-8-24(26)25-9-4-6-11-27(25)28/h3-6,8-15,28H,7,16-21H2,1-2H3. The Morgan fingerprint density at radius 3 is 2.03 bits per heavy atom. The molecule has 0 radical (unpaired) electrons. The van der Waals surface area contributed by atoms with Crippen LogP contribution in [0.5, 0.6) is 5.75 Å². The first kappa shape index (κ1) is 22.6. The largest absolute Gasteiger partial charge is 0.494 e. The second-order valence-electron chi connectivity index (χ2n) is 9.43. The van der Waals surface area contributed by atoms with E-state index in [9.17, 15) is 4.79 Å². The number of hydrogen-bond donors (Lipinski definition) is 0. The molecule has 5 heteroatoms. The molecule has 1 fully saturated rings. The Hall–Kier alpha value is -3.15. The summed E-state index contributed by atoms with van der Waals surface area (Å²) in [5.74, 6) is 0.921. The maximum absolute atomic E-state index is 13.1. The van der Waals surface area contributed by atoms with Gasteiger partial charge in [0.2, 0.25) is 0 Å². The Labute approximate surface area is 202 Å². The highest BCUT2D eigenvalue weighted by Crippen LogP contribution is 2.46. The van der Waals surface area contributed by atoms with Crippen LogP contribution >= 0.6 is 0 Å². The fourth-order valence-electron chi connectivity index (χ4n) is 5.15. The monoisotopic (exact) mass is 455 g/mol. The van der Waals surface area contributed by atoms with Crippen molar-refractivity contribution in [2.45, 2.75) is 12.5 Å². The van der Waals surface area contributed by atoms with Gasteiger partial charge in [-0.1, -0.05) is 48.5 Å². The molecule has 5 rings (SSSR count). The summed E-state index contributed by atoms with van der Waals surface area (Å²) in [4.78, 5) is 19.8. The van der Waals surface area contributed by atoms with Crippen molar-refractivity contribution >= 4 is 5.91 Å². The zero-order valence-electron chi connectivity index (χ0n) is 20.1. The van der Waals surface area contributed by atoms with Crippen molar-refractivity contribution in [3.05, 3.63) is 89.5 Å². The molecule has 0 unspecified atom stereocenters. The minimum absolute atomic E-state index is 0.103. The maximum atomic E-state index is 13.1. The van der Waals surface area contributed by atoms with E-state index in [1.54, 1.807) is 0 Å². The van der Waals surface area contributed by atoms with Gasteiger partial charge < -0.3 is 14.5 Å². The molecule has 2 aliphatic rings. The van der Waals surface area contributed by atoms with Gasteiger partial charge in [0.05, 0.1) is 12.6 Å². The predicted octanol–water partition coefficient (Wildman–Crippen LogP) is 4.54. The van der Waals surface area contributed by atoms with Gasteiger partial charge >= 0.3 is 0 Å². The molecule has 0 saturated carbocycles. The number of hydrogen-bond acceptors (Lipinski definition) is 4. The molecule has 3 aromatic carbocycles. The van der Waals surface area contributed by atoms with Gasteiger partial charge in [-0.2, -0.15) is 0 Å². The topological polar surface area (TPSA) is 36.0 Å². The van der Waals surface area contributed by atoms with Gasteiger partial charge in [-0.05, 0) is 67.0 Å². The third kappa shape index (κ3) is 4.59. The van der Waals surface area contributed by atoms with E-state index in [1.165, 1.54) is 22.3 Å². The molecular formula is C29H33N3O2. The number of ether oxygens (including phenoxy) is 1. The van der Waals surface area contributed by atoms with Crippen molar-refractivity contribution in [3.63, 3.8) is 0 Å². The first-order valence-electron chi connectivity index (χ1n) is 12.2. The van der Waals surface area contributed by atoms with Gasteiger partial charge in [-0.3, -0.25) is 9.69 Å². The van der Waals surface area contributed by atoms with E-state index in [4.69, 9.17) is 4.74 Å². The Kier molecular flexibility index (Phi) is 6.66. The van der Waals surface area contributed by atoms with Crippen LogP contribution in [-0.2, 0) is 0 Å². The summed E-state index contributed by atoms with van der Waals surface area (Å²) in [5.41, 5.74) is 6.16. The van der Waals surface area contributed by atoms with Crippen LogP contribution in [0.3, 0.4) is 0 Å². The Bertz CT molecular complexity index is 1090. The number of rotatable bonds is 7. The average Bonchev–Trinajstić information content (AvgIpc) is 3.21. The van der Waals surface area contributed by atoms with Gasteiger partial charge in [0.1, 0.15) is 5.75 Å². The third-order valence-electron chi connectivity index (χ3n) is 6.89.